The molecule has 0 spiro atoms. The molecule has 3 rings (SSSR count). The minimum Gasteiger partial charge on any atom is -0.488 e. The van der Waals surface area contributed by atoms with Gasteiger partial charge in [0.1, 0.15) is 23.7 Å². The lowest BCUT2D eigenvalue weighted by molar-refractivity contribution is -0.139. The van der Waals surface area contributed by atoms with Crippen molar-refractivity contribution < 1.29 is 32.5 Å². The van der Waals surface area contributed by atoms with Gasteiger partial charge >= 0.3 is 11.5 Å². The van der Waals surface area contributed by atoms with Gasteiger partial charge in [0.15, 0.2) is 0 Å². The predicted molar refractivity (Wildman–Crippen MR) is 112 cm³/mol. The molecule has 2 aromatic rings. The molecule has 0 amide bonds. The summed E-state index contributed by atoms with van der Waals surface area (Å²) >= 11 is 0. The van der Waals surface area contributed by atoms with Crippen LogP contribution in [-0.4, -0.2) is 21.9 Å². The maximum Gasteiger partial charge on any atom is 0.419 e. The van der Waals surface area contributed by atoms with Crippen LogP contribution < -0.4 is 9.47 Å². The number of aryl methyl sites for hydroxylation is 1. The number of halogens is 3. The van der Waals surface area contributed by atoms with Crippen molar-refractivity contribution in [3.05, 3.63) is 58.1 Å². The molecule has 0 saturated heterocycles. The standard InChI is InChI=1S/C22H23F3O4S/c1-13-7-15-10-21(2,3)29-19(15)16(8-13)11-28-18-6-5-14(12-30(4)20(26)27)9-17(18)22(23,24)25/h5-9H,4,10-12H2,1-3H3,(H,26,27). The van der Waals surface area contributed by atoms with Crippen molar-refractivity contribution in [2.75, 3.05) is 0 Å². The number of alkyl halides is 3. The monoisotopic (exact) mass is 440 g/mol. The first-order valence-electron chi connectivity index (χ1n) is 9.23. The molecule has 0 aliphatic carbocycles. The summed E-state index contributed by atoms with van der Waals surface area (Å²) in [5.74, 6) is 3.76. The normalized spacial score (nSPS) is 15.9. The lowest BCUT2D eigenvalue weighted by Gasteiger charge is -2.19. The van der Waals surface area contributed by atoms with E-state index in [0.717, 1.165) is 23.6 Å². The number of benzene rings is 2. The van der Waals surface area contributed by atoms with Crippen molar-refractivity contribution in [1.29, 1.82) is 0 Å². The van der Waals surface area contributed by atoms with Gasteiger partial charge in [0.2, 0.25) is 0 Å². The highest BCUT2D eigenvalue weighted by molar-refractivity contribution is 8.25. The number of carboxylic acid groups (broad SMARTS) is 1. The van der Waals surface area contributed by atoms with E-state index < -0.39 is 27.5 Å². The second kappa shape index (κ2) is 7.98. The number of carbonyl (C=O) groups is 1. The largest absolute Gasteiger partial charge is 0.488 e. The molecule has 0 fully saturated rings. The van der Waals surface area contributed by atoms with E-state index in [1.165, 1.54) is 12.1 Å². The van der Waals surface area contributed by atoms with Crippen molar-refractivity contribution in [2.45, 2.75) is 51.3 Å². The number of fused-ring (bicyclic) bond motifs is 1. The Balaban J connectivity index is 1.88. The van der Waals surface area contributed by atoms with Gasteiger partial charge in [-0.1, -0.05) is 34.1 Å². The van der Waals surface area contributed by atoms with Crippen LogP contribution in [0.5, 0.6) is 11.5 Å². The molecule has 162 valence electrons. The molecule has 30 heavy (non-hydrogen) atoms. The molecular weight excluding hydrogens is 417 g/mol. The summed E-state index contributed by atoms with van der Waals surface area (Å²) in [7, 11) is -1.32. The van der Waals surface area contributed by atoms with Gasteiger partial charge < -0.3 is 14.6 Å². The minimum absolute atomic E-state index is 0.0721. The highest BCUT2D eigenvalue weighted by atomic mass is 32.2. The maximum atomic E-state index is 13.6. The van der Waals surface area contributed by atoms with Crippen LogP contribution >= 0.6 is 10.5 Å². The number of ether oxygens (including phenoxy) is 2. The van der Waals surface area contributed by atoms with Crippen molar-refractivity contribution in [2.24, 2.45) is 0 Å². The van der Waals surface area contributed by atoms with Crippen LogP contribution in [0.25, 0.3) is 0 Å². The van der Waals surface area contributed by atoms with E-state index in [0.29, 0.717) is 11.3 Å². The molecular formula is C22H23F3O4S. The van der Waals surface area contributed by atoms with E-state index >= 15 is 0 Å². The molecule has 1 aliphatic heterocycles. The summed E-state index contributed by atoms with van der Waals surface area (Å²) in [6, 6.07) is 7.48. The van der Waals surface area contributed by atoms with E-state index in [1.54, 1.807) is 0 Å². The van der Waals surface area contributed by atoms with Crippen LogP contribution in [0, 0.1) is 6.92 Å². The summed E-state index contributed by atoms with van der Waals surface area (Å²) in [5.41, 5.74) is 1.62. The molecule has 1 unspecified atom stereocenters. The molecule has 1 atom stereocenters. The lowest BCUT2D eigenvalue weighted by Crippen LogP contribution is -2.25. The number of hydrogen-bond donors (Lipinski definition) is 1. The zero-order chi connectivity index (χ0) is 22.3. The SMILES string of the molecule is C=S(Cc1ccc(OCc2cc(C)cc3c2OC(C)(C)C3)c(C(F)(F)F)c1)C(=O)O. The van der Waals surface area contributed by atoms with E-state index in [1.807, 2.05) is 32.9 Å². The van der Waals surface area contributed by atoms with Gasteiger partial charge in [0, 0.05) is 17.7 Å². The fourth-order valence-corrected chi connectivity index (χ4v) is 4.21. The van der Waals surface area contributed by atoms with Crippen molar-refractivity contribution in [3.8, 4) is 11.5 Å². The summed E-state index contributed by atoms with van der Waals surface area (Å²) in [5, 5.41) is 7.83. The Labute approximate surface area is 175 Å². The summed E-state index contributed by atoms with van der Waals surface area (Å²) in [6.45, 7) is 5.77. The molecule has 8 heteroatoms. The minimum atomic E-state index is -4.64. The molecule has 0 radical (unpaired) electrons. The Hall–Kier alpha value is -2.48. The lowest BCUT2D eigenvalue weighted by atomic mass is 9.98. The fraction of sp³-hybridized carbons (Fsp3) is 0.364. The third-order valence-corrected chi connectivity index (χ3v) is 5.88. The smallest absolute Gasteiger partial charge is 0.419 e. The van der Waals surface area contributed by atoms with Gasteiger partial charge in [0.05, 0.1) is 5.56 Å². The van der Waals surface area contributed by atoms with Gasteiger partial charge in [-0.15, -0.1) is 0 Å². The second-order valence-corrected chi connectivity index (χ2v) is 9.59. The second-order valence-electron chi connectivity index (χ2n) is 7.97. The Bertz CT molecular complexity index is 1010. The predicted octanol–water partition coefficient (Wildman–Crippen LogP) is 6.19. The first-order chi connectivity index (χ1) is 13.9. The zero-order valence-electron chi connectivity index (χ0n) is 16.9. The van der Waals surface area contributed by atoms with Gasteiger partial charge in [-0.05, 0) is 50.1 Å². The summed E-state index contributed by atoms with van der Waals surface area (Å²) in [4.78, 5) is 11.0. The summed E-state index contributed by atoms with van der Waals surface area (Å²) in [6.07, 6.45) is -3.92. The molecule has 0 aromatic heterocycles. The molecule has 4 nitrogen and oxygen atoms in total. The highest BCUT2D eigenvalue weighted by Gasteiger charge is 2.35. The van der Waals surface area contributed by atoms with Gasteiger partial charge in [-0.25, -0.2) is 4.79 Å². The zero-order valence-corrected chi connectivity index (χ0v) is 17.7. The first kappa shape index (κ1) is 22.2. The Morgan fingerprint density at radius 1 is 1.30 bits per heavy atom. The van der Waals surface area contributed by atoms with E-state index in [4.69, 9.17) is 14.6 Å². The number of rotatable bonds is 5. The van der Waals surface area contributed by atoms with Crippen LogP contribution in [0.3, 0.4) is 0 Å². The average molecular weight is 440 g/mol. The molecule has 1 aliphatic rings. The van der Waals surface area contributed by atoms with Crippen LogP contribution in [-0.2, 0) is 25.0 Å². The maximum absolute atomic E-state index is 13.6. The van der Waals surface area contributed by atoms with Crippen LogP contribution in [0.15, 0.2) is 30.3 Å². The molecule has 1 heterocycles. The van der Waals surface area contributed by atoms with Crippen molar-refractivity contribution >= 4 is 21.7 Å². The van der Waals surface area contributed by atoms with Crippen molar-refractivity contribution in [3.63, 3.8) is 0 Å². The van der Waals surface area contributed by atoms with Crippen LogP contribution in [0.4, 0.5) is 18.0 Å². The molecule has 0 bridgehead atoms. The van der Waals surface area contributed by atoms with E-state index in [-0.39, 0.29) is 29.3 Å². The molecule has 2 aromatic carbocycles. The van der Waals surface area contributed by atoms with E-state index in [2.05, 4.69) is 5.87 Å². The molecule has 0 saturated carbocycles. The molecule has 1 N–H and O–H groups in total. The fourth-order valence-electron chi connectivity index (χ4n) is 3.50. The number of hydrogen-bond acceptors (Lipinski definition) is 3. The van der Waals surface area contributed by atoms with Gasteiger partial charge in [0.25, 0.3) is 0 Å². The summed E-state index contributed by atoms with van der Waals surface area (Å²) < 4.78 is 52.4. The Morgan fingerprint density at radius 2 is 2.00 bits per heavy atom. The van der Waals surface area contributed by atoms with Crippen molar-refractivity contribution in [1.82, 2.24) is 0 Å². The van der Waals surface area contributed by atoms with Crippen LogP contribution in [0.1, 0.15) is 41.7 Å². The quantitative estimate of drug-likeness (QED) is 0.564. The van der Waals surface area contributed by atoms with Gasteiger partial charge in [-0.3, -0.25) is 0 Å². The third-order valence-electron chi connectivity index (χ3n) is 4.70. The van der Waals surface area contributed by atoms with Gasteiger partial charge in [-0.2, -0.15) is 13.2 Å². The Morgan fingerprint density at radius 3 is 2.63 bits per heavy atom. The highest BCUT2D eigenvalue weighted by Crippen LogP contribution is 2.41. The Kier molecular flexibility index (Phi) is 5.91. The first-order valence-corrected chi connectivity index (χ1v) is 10.8. The average Bonchev–Trinajstić information content (AvgIpc) is 2.93. The van der Waals surface area contributed by atoms with E-state index in [9.17, 15) is 18.0 Å². The third kappa shape index (κ3) is 4.98. The topological polar surface area (TPSA) is 55.8 Å². The van der Waals surface area contributed by atoms with Crippen LogP contribution in [0.2, 0.25) is 0 Å².